The third-order valence-corrected chi connectivity index (χ3v) is 5.19. The monoisotopic (exact) mass is 405 g/mol. The van der Waals surface area contributed by atoms with E-state index in [1.165, 1.54) is 35.4 Å². The van der Waals surface area contributed by atoms with Crippen LogP contribution in [0.1, 0.15) is 20.9 Å². The molecular weight excluding hydrogens is 388 g/mol. The van der Waals surface area contributed by atoms with Crippen LogP contribution < -0.4 is 9.62 Å². The second-order valence-electron chi connectivity index (χ2n) is 5.70. The Bertz CT molecular complexity index is 947. The van der Waals surface area contributed by atoms with Gasteiger partial charge in [-0.3, -0.25) is 9.52 Å². The van der Waals surface area contributed by atoms with Gasteiger partial charge in [0.1, 0.15) is 17.3 Å². The first-order valence-corrected chi connectivity index (χ1v) is 10.1. The molecule has 0 unspecified atom stereocenters. The van der Waals surface area contributed by atoms with Crippen LogP contribution in [0.25, 0.3) is 0 Å². The third-order valence-electron chi connectivity index (χ3n) is 3.81. The van der Waals surface area contributed by atoms with E-state index in [0.717, 1.165) is 16.5 Å². The first kappa shape index (κ1) is 19.3. The lowest BCUT2D eigenvalue weighted by Gasteiger charge is -2.22. The van der Waals surface area contributed by atoms with Crippen LogP contribution >= 0.6 is 23.3 Å². The van der Waals surface area contributed by atoms with Crippen molar-refractivity contribution in [3.05, 3.63) is 76.3 Å². The summed E-state index contributed by atoms with van der Waals surface area (Å²) in [5.41, 5.74) is 1.43. The van der Waals surface area contributed by atoms with E-state index < -0.39 is 11.6 Å². The zero-order chi connectivity index (χ0) is 19.4. The minimum Gasteiger partial charge on any atom is -0.311 e. The van der Waals surface area contributed by atoms with Crippen molar-refractivity contribution >= 4 is 40.0 Å². The molecule has 1 N–H and O–H groups in total. The number of amides is 1. The van der Waals surface area contributed by atoms with Crippen molar-refractivity contribution in [2.45, 2.75) is 13.5 Å². The SMILES string of the molecule is CSNC(=O)c1nc(N(Cc2ccccc2)c2ccc(F)cc2F)sc1C. The zero-order valence-corrected chi connectivity index (χ0v) is 16.3. The summed E-state index contributed by atoms with van der Waals surface area (Å²) in [4.78, 5) is 19.0. The maximum atomic E-state index is 14.5. The van der Waals surface area contributed by atoms with E-state index in [1.807, 2.05) is 30.3 Å². The van der Waals surface area contributed by atoms with Gasteiger partial charge in [0, 0.05) is 17.2 Å². The molecule has 2 aromatic carbocycles. The van der Waals surface area contributed by atoms with Crippen molar-refractivity contribution in [1.29, 1.82) is 0 Å². The topological polar surface area (TPSA) is 45.2 Å². The Morgan fingerprint density at radius 2 is 1.96 bits per heavy atom. The second-order valence-corrected chi connectivity index (χ2v) is 7.50. The van der Waals surface area contributed by atoms with E-state index >= 15 is 0 Å². The molecule has 1 aromatic heterocycles. The molecule has 0 saturated carbocycles. The standard InChI is InChI=1S/C19H17F2N3OS2/c1-12-17(18(25)23-26-2)22-19(27-12)24(11-13-6-4-3-5-7-13)16-9-8-14(20)10-15(16)21/h3-10H,11H2,1-2H3,(H,23,25). The number of nitrogens with zero attached hydrogens (tertiary/aromatic N) is 2. The molecule has 0 atom stereocenters. The molecule has 1 heterocycles. The number of carbonyl (C=O) groups is 1. The molecule has 0 saturated heterocycles. The molecule has 140 valence electrons. The number of anilines is 2. The van der Waals surface area contributed by atoms with E-state index in [4.69, 9.17) is 0 Å². The van der Waals surface area contributed by atoms with Gasteiger partial charge in [-0.1, -0.05) is 42.3 Å². The number of thiazole rings is 1. The Labute approximate surface area is 164 Å². The summed E-state index contributed by atoms with van der Waals surface area (Å²) < 4.78 is 30.5. The largest absolute Gasteiger partial charge is 0.311 e. The van der Waals surface area contributed by atoms with E-state index in [2.05, 4.69) is 9.71 Å². The zero-order valence-electron chi connectivity index (χ0n) is 14.7. The highest BCUT2D eigenvalue weighted by atomic mass is 32.2. The summed E-state index contributed by atoms with van der Waals surface area (Å²) in [5, 5.41) is 0.466. The van der Waals surface area contributed by atoms with Crippen LogP contribution in [0.5, 0.6) is 0 Å². The molecule has 8 heteroatoms. The maximum Gasteiger partial charge on any atom is 0.280 e. The molecule has 0 aliphatic carbocycles. The van der Waals surface area contributed by atoms with Gasteiger partial charge < -0.3 is 4.90 Å². The molecule has 0 radical (unpaired) electrons. The van der Waals surface area contributed by atoms with Crippen molar-refractivity contribution in [1.82, 2.24) is 9.71 Å². The summed E-state index contributed by atoms with van der Waals surface area (Å²) in [6.07, 6.45) is 1.75. The Hall–Kier alpha value is -2.45. The summed E-state index contributed by atoms with van der Waals surface area (Å²) in [6.45, 7) is 2.12. The summed E-state index contributed by atoms with van der Waals surface area (Å²) in [7, 11) is 0. The van der Waals surface area contributed by atoms with Gasteiger partial charge in [-0.05, 0) is 24.6 Å². The van der Waals surface area contributed by atoms with E-state index in [0.29, 0.717) is 17.4 Å². The molecule has 0 aliphatic rings. The van der Waals surface area contributed by atoms with Crippen molar-refractivity contribution < 1.29 is 13.6 Å². The van der Waals surface area contributed by atoms with Crippen LogP contribution in [0.2, 0.25) is 0 Å². The smallest absolute Gasteiger partial charge is 0.280 e. The second kappa shape index (κ2) is 8.49. The number of aromatic nitrogens is 1. The van der Waals surface area contributed by atoms with Crippen molar-refractivity contribution in [2.75, 3.05) is 11.2 Å². The number of carbonyl (C=O) groups excluding carboxylic acids is 1. The van der Waals surface area contributed by atoms with Crippen molar-refractivity contribution in [3.8, 4) is 0 Å². The van der Waals surface area contributed by atoms with Gasteiger partial charge in [-0.15, -0.1) is 11.3 Å². The van der Waals surface area contributed by atoms with Gasteiger partial charge in [0.25, 0.3) is 5.91 Å². The molecule has 0 bridgehead atoms. The minimum absolute atomic E-state index is 0.200. The lowest BCUT2D eigenvalue weighted by molar-refractivity contribution is 0.0980. The Kier molecular flexibility index (Phi) is 6.08. The number of nitrogens with one attached hydrogen (secondary N) is 1. The van der Waals surface area contributed by atoms with Gasteiger partial charge in [-0.2, -0.15) is 0 Å². The Morgan fingerprint density at radius 3 is 2.63 bits per heavy atom. The van der Waals surface area contributed by atoms with Crippen LogP contribution in [0.4, 0.5) is 19.6 Å². The summed E-state index contributed by atoms with van der Waals surface area (Å²) >= 11 is 2.47. The van der Waals surface area contributed by atoms with Crippen molar-refractivity contribution in [2.24, 2.45) is 0 Å². The molecule has 0 fully saturated rings. The first-order chi connectivity index (χ1) is 13.0. The molecule has 27 heavy (non-hydrogen) atoms. The highest BCUT2D eigenvalue weighted by molar-refractivity contribution is 7.97. The minimum atomic E-state index is -0.686. The molecule has 4 nitrogen and oxygen atoms in total. The fourth-order valence-electron chi connectivity index (χ4n) is 2.57. The van der Waals surface area contributed by atoms with Crippen LogP contribution in [0, 0.1) is 18.6 Å². The quantitative estimate of drug-likeness (QED) is 0.581. The molecule has 0 aliphatic heterocycles. The van der Waals surface area contributed by atoms with E-state index in [1.54, 1.807) is 18.1 Å². The Morgan fingerprint density at radius 1 is 1.22 bits per heavy atom. The number of rotatable bonds is 6. The van der Waals surface area contributed by atoms with Crippen molar-refractivity contribution in [3.63, 3.8) is 0 Å². The summed E-state index contributed by atoms with van der Waals surface area (Å²) in [5.74, 6) is -1.64. The first-order valence-electron chi connectivity index (χ1n) is 8.07. The van der Waals surface area contributed by atoms with Crippen LogP contribution in [0.15, 0.2) is 48.5 Å². The van der Waals surface area contributed by atoms with Gasteiger partial charge in [0.2, 0.25) is 0 Å². The number of aryl methyl sites for hydroxylation is 1. The number of hydrogen-bond acceptors (Lipinski definition) is 5. The highest BCUT2D eigenvalue weighted by Gasteiger charge is 2.22. The van der Waals surface area contributed by atoms with Crippen LogP contribution in [0.3, 0.4) is 0 Å². The van der Waals surface area contributed by atoms with Gasteiger partial charge in [0.05, 0.1) is 12.2 Å². The van der Waals surface area contributed by atoms with Gasteiger partial charge in [0.15, 0.2) is 5.13 Å². The van der Waals surface area contributed by atoms with Gasteiger partial charge >= 0.3 is 0 Å². The predicted molar refractivity (Wildman–Crippen MR) is 106 cm³/mol. The fraction of sp³-hybridized carbons (Fsp3) is 0.158. The number of halogens is 2. The molecule has 3 rings (SSSR count). The number of benzene rings is 2. The molecule has 3 aromatic rings. The Balaban J connectivity index is 2.04. The molecule has 0 spiro atoms. The van der Waals surface area contributed by atoms with E-state index in [-0.39, 0.29) is 11.6 Å². The average molecular weight is 405 g/mol. The number of hydrogen-bond donors (Lipinski definition) is 1. The normalized spacial score (nSPS) is 10.7. The van der Waals surface area contributed by atoms with Crippen LogP contribution in [-0.2, 0) is 6.54 Å². The third kappa shape index (κ3) is 4.45. The molecule has 1 amide bonds. The molecular formula is C19H17F2N3OS2. The predicted octanol–water partition coefficient (Wildman–Crippen LogP) is 5.08. The maximum absolute atomic E-state index is 14.5. The highest BCUT2D eigenvalue weighted by Crippen LogP contribution is 2.34. The fourth-order valence-corrected chi connectivity index (χ4v) is 3.77. The summed E-state index contributed by atoms with van der Waals surface area (Å²) in [6, 6.07) is 12.9. The van der Waals surface area contributed by atoms with Gasteiger partial charge in [-0.25, -0.2) is 13.8 Å². The van der Waals surface area contributed by atoms with E-state index in [9.17, 15) is 13.6 Å². The lowest BCUT2D eigenvalue weighted by atomic mass is 10.2. The lowest BCUT2D eigenvalue weighted by Crippen LogP contribution is -2.19. The van der Waals surface area contributed by atoms with Crippen LogP contribution in [-0.4, -0.2) is 17.1 Å². The average Bonchev–Trinajstić information content (AvgIpc) is 3.03.